The van der Waals surface area contributed by atoms with Gasteiger partial charge in [-0.25, -0.2) is 9.97 Å². The van der Waals surface area contributed by atoms with E-state index >= 15 is 0 Å². The molecule has 0 bridgehead atoms. The van der Waals surface area contributed by atoms with E-state index in [9.17, 15) is 0 Å². The average Bonchev–Trinajstić information content (AvgIpc) is 2.73. The zero-order chi connectivity index (χ0) is 11.7. The van der Waals surface area contributed by atoms with Crippen LogP contribution in [-0.4, -0.2) is 19.7 Å². The van der Waals surface area contributed by atoms with Gasteiger partial charge in [0, 0.05) is 12.7 Å². The van der Waals surface area contributed by atoms with Crippen molar-refractivity contribution in [1.82, 2.24) is 19.7 Å². The van der Waals surface area contributed by atoms with E-state index in [0.29, 0.717) is 11.0 Å². The van der Waals surface area contributed by atoms with Crippen LogP contribution in [0.1, 0.15) is 12.6 Å². The molecule has 0 spiro atoms. The van der Waals surface area contributed by atoms with E-state index < -0.39 is 0 Å². The molecule has 0 aliphatic rings. The second-order valence-corrected chi connectivity index (χ2v) is 4.47. The van der Waals surface area contributed by atoms with Crippen molar-refractivity contribution in [2.45, 2.75) is 20.4 Å². The van der Waals surface area contributed by atoms with Gasteiger partial charge in [-0.3, -0.25) is 4.68 Å². The Morgan fingerprint density at radius 1 is 1.44 bits per heavy atom. The second kappa shape index (κ2) is 4.51. The highest BCUT2D eigenvalue weighted by atomic mass is 79.9. The minimum atomic E-state index is 0.423. The highest BCUT2D eigenvalue weighted by molar-refractivity contribution is 9.10. The first-order valence-electron chi connectivity index (χ1n) is 4.84. The Bertz CT molecular complexity index is 500. The van der Waals surface area contributed by atoms with Gasteiger partial charge in [-0.2, -0.15) is 5.10 Å². The van der Waals surface area contributed by atoms with Crippen molar-refractivity contribution in [3.8, 4) is 11.4 Å². The van der Waals surface area contributed by atoms with E-state index in [1.807, 2.05) is 24.7 Å². The van der Waals surface area contributed by atoms with Crippen LogP contribution in [0.2, 0.25) is 5.15 Å². The topological polar surface area (TPSA) is 43.6 Å². The van der Waals surface area contributed by atoms with Crippen molar-refractivity contribution in [1.29, 1.82) is 0 Å². The van der Waals surface area contributed by atoms with Crippen LogP contribution in [0.25, 0.3) is 11.4 Å². The summed E-state index contributed by atoms with van der Waals surface area (Å²) in [7, 11) is 0. The lowest BCUT2D eigenvalue weighted by atomic mass is 10.3. The summed E-state index contributed by atoms with van der Waals surface area (Å²) in [6.07, 6.45) is 3.64. The van der Waals surface area contributed by atoms with Crippen LogP contribution in [0.5, 0.6) is 0 Å². The lowest BCUT2D eigenvalue weighted by Crippen LogP contribution is -1.94. The van der Waals surface area contributed by atoms with Crippen LogP contribution in [0, 0.1) is 6.92 Å². The van der Waals surface area contributed by atoms with Gasteiger partial charge in [-0.1, -0.05) is 11.6 Å². The predicted octanol–water partition coefficient (Wildman–Crippen LogP) is 3.08. The first-order chi connectivity index (χ1) is 7.61. The molecule has 0 amide bonds. The number of aromatic nitrogens is 4. The Balaban J connectivity index is 2.48. The molecule has 0 saturated carbocycles. The molecule has 0 fully saturated rings. The summed E-state index contributed by atoms with van der Waals surface area (Å²) in [5.41, 5.74) is 1.69. The molecule has 0 atom stereocenters. The molecule has 84 valence electrons. The largest absolute Gasteiger partial charge is 0.272 e. The fourth-order valence-electron chi connectivity index (χ4n) is 1.31. The molecule has 2 heterocycles. The van der Waals surface area contributed by atoms with Gasteiger partial charge in [-0.05, 0) is 29.8 Å². The quantitative estimate of drug-likeness (QED) is 0.801. The second-order valence-electron chi connectivity index (χ2n) is 3.32. The summed E-state index contributed by atoms with van der Waals surface area (Å²) in [6.45, 7) is 4.73. The highest BCUT2D eigenvalue weighted by Gasteiger charge is 2.10. The van der Waals surface area contributed by atoms with E-state index in [2.05, 4.69) is 31.0 Å². The number of halogens is 2. The third-order valence-corrected chi connectivity index (χ3v) is 3.64. The zero-order valence-corrected chi connectivity index (χ0v) is 11.2. The van der Waals surface area contributed by atoms with E-state index in [4.69, 9.17) is 11.6 Å². The van der Waals surface area contributed by atoms with Gasteiger partial charge in [0.05, 0.1) is 21.9 Å². The molecule has 2 rings (SSSR count). The minimum absolute atomic E-state index is 0.423. The Morgan fingerprint density at radius 2 is 2.19 bits per heavy atom. The normalized spacial score (nSPS) is 10.8. The molecule has 4 nitrogen and oxygen atoms in total. The third-order valence-electron chi connectivity index (χ3n) is 2.19. The molecule has 6 heteroatoms. The summed E-state index contributed by atoms with van der Waals surface area (Å²) in [5.74, 6) is 0.602. The van der Waals surface area contributed by atoms with Crippen molar-refractivity contribution < 1.29 is 0 Å². The van der Waals surface area contributed by atoms with Crippen LogP contribution in [-0.2, 0) is 6.54 Å². The Labute approximate surface area is 107 Å². The molecule has 0 saturated heterocycles. The monoisotopic (exact) mass is 300 g/mol. The smallest absolute Gasteiger partial charge is 0.164 e. The summed E-state index contributed by atoms with van der Waals surface area (Å²) in [6, 6.07) is 0. The van der Waals surface area contributed by atoms with Crippen LogP contribution in [0.15, 0.2) is 16.9 Å². The maximum absolute atomic E-state index is 5.98. The fourth-order valence-corrected chi connectivity index (χ4v) is 1.70. The van der Waals surface area contributed by atoms with Crippen molar-refractivity contribution in [2.75, 3.05) is 0 Å². The van der Waals surface area contributed by atoms with Crippen LogP contribution in [0.4, 0.5) is 0 Å². The summed E-state index contributed by atoms with van der Waals surface area (Å²) >= 11 is 9.31. The van der Waals surface area contributed by atoms with Gasteiger partial charge in [0.25, 0.3) is 0 Å². The van der Waals surface area contributed by atoms with Crippen LogP contribution in [0.3, 0.4) is 0 Å². The van der Waals surface area contributed by atoms with Crippen molar-refractivity contribution in [3.63, 3.8) is 0 Å². The predicted molar refractivity (Wildman–Crippen MR) is 66.4 cm³/mol. The first-order valence-corrected chi connectivity index (χ1v) is 6.01. The van der Waals surface area contributed by atoms with Crippen LogP contribution >= 0.6 is 27.5 Å². The summed E-state index contributed by atoms with van der Waals surface area (Å²) < 4.78 is 2.56. The molecule has 16 heavy (non-hydrogen) atoms. The summed E-state index contributed by atoms with van der Waals surface area (Å²) in [4.78, 5) is 8.56. The average molecular weight is 302 g/mol. The van der Waals surface area contributed by atoms with Gasteiger partial charge >= 0.3 is 0 Å². The molecule has 0 unspecified atom stereocenters. The minimum Gasteiger partial charge on any atom is -0.272 e. The van der Waals surface area contributed by atoms with Gasteiger partial charge in [0.15, 0.2) is 5.82 Å². The van der Waals surface area contributed by atoms with Gasteiger partial charge in [0.2, 0.25) is 0 Å². The van der Waals surface area contributed by atoms with Crippen LogP contribution < -0.4 is 0 Å². The Hall–Kier alpha value is -0.940. The number of rotatable bonds is 2. The highest BCUT2D eigenvalue weighted by Crippen LogP contribution is 2.25. The van der Waals surface area contributed by atoms with Crippen molar-refractivity contribution in [2.24, 2.45) is 0 Å². The zero-order valence-electron chi connectivity index (χ0n) is 8.91. The lowest BCUT2D eigenvalue weighted by Gasteiger charge is -2.02. The Kier molecular flexibility index (Phi) is 3.25. The maximum Gasteiger partial charge on any atom is 0.164 e. The SMILES string of the molecule is CCn1cc(-c2nc(C)c(Br)c(Cl)n2)cn1. The van der Waals surface area contributed by atoms with E-state index in [1.165, 1.54) is 0 Å². The van der Waals surface area contributed by atoms with Crippen molar-refractivity contribution >= 4 is 27.5 Å². The van der Waals surface area contributed by atoms with Gasteiger partial charge in [-0.15, -0.1) is 0 Å². The van der Waals surface area contributed by atoms with Gasteiger partial charge in [0.1, 0.15) is 5.15 Å². The molecular formula is C10H10BrClN4. The van der Waals surface area contributed by atoms with Gasteiger partial charge < -0.3 is 0 Å². The lowest BCUT2D eigenvalue weighted by molar-refractivity contribution is 0.660. The molecule has 2 aromatic heterocycles. The molecule has 0 radical (unpaired) electrons. The number of hydrogen-bond donors (Lipinski definition) is 0. The number of nitrogens with zero attached hydrogens (tertiary/aromatic N) is 4. The fraction of sp³-hybridized carbons (Fsp3) is 0.300. The number of aryl methyl sites for hydroxylation is 2. The molecule has 0 aliphatic carbocycles. The standard InChI is InChI=1S/C10H10BrClN4/c1-3-16-5-7(4-13-16)10-14-6(2)8(11)9(12)15-10/h4-5H,3H2,1-2H3. The molecule has 0 aliphatic heterocycles. The third kappa shape index (κ3) is 2.10. The van der Waals surface area contributed by atoms with E-state index in [1.54, 1.807) is 6.20 Å². The molecule has 2 aromatic rings. The van der Waals surface area contributed by atoms with Crippen molar-refractivity contribution in [3.05, 3.63) is 27.7 Å². The molecular weight excluding hydrogens is 291 g/mol. The summed E-state index contributed by atoms with van der Waals surface area (Å²) in [5, 5.41) is 4.60. The van der Waals surface area contributed by atoms with E-state index in [-0.39, 0.29) is 0 Å². The number of hydrogen-bond acceptors (Lipinski definition) is 3. The van der Waals surface area contributed by atoms with E-state index in [0.717, 1.165) is 22.3 Å². The first kappa shape index (κ1) is 11.5. The Morgan fingerprint density at radius 3 is 2.75 bits per heavy atom. The molecule has 0 N–H and O–H groups in total. The maximum atomic E-state index is 5.98. The molecule has 0 aromatic carbocycles.